The summed E-state index contributed by atoms with van der Waals surface area (Å²) in [5, 5.41) is 8.62. The van der Waals surface area contributed by atoms with Gasteiger partial charge in [0.2, 0.25) is 10.0 Å². The first kappa shape index (κ1) is 18.6. The summed E-state index contributed by atoms with van der Waals surface area (Å²) in [5.74, 6) is -1.37. The molecule has 0 aliphatic carbocycles. The van der Waals surface area contributed by atoms with Crippen molar-refractivity contribution in [2.45, 2.75) is 11.3 Å². The SMILES string of the molecule is CN(CCC(=O)O)C(=O)c1ccc(S(=O)(=O)N(C)C)c(Br)c1. The summed E-state index contributed by atoms with van der Waals surface area (Å²) in [4.78, 5) is 24.0. The number of rotatable bonds is 6. The lowest BCUT2D eigenvalue weighted by molar-refractivity contribution is -0.137. The number of hydrogen-bond acceptors (Lipinski definition) is 4. The average Bonchev–Trinajstić information content (AvgIpc) is 2.43. The molecule has 1 amide bonds. The summed E-state index contributed by atoms with van der Waals surface area (Å²) in [6.45, 7) is 0.0729. The van der Waals surface area contributed by atoms with Crippen LogP contribution in [0.1, 0.15) is 16.8 Å². The molecule has 0 heterocycles. The molecule has 0 unspecified atom stereocenters. The number of carboxylic acids is 1. The second-order valence-electron chi connectivity index (χ2n) is 4.80. The van der Waals surface area contributed by atoms with Gasteiger partial charge in [-0.05, 0) is 34.1 Å². The molecule has 0 saturated carbocycles. The molecule has 0 aliphatic rings. The van der Waals surface area contributed by atoms with E-state index in [0.717, 1.165) is 4.31 Å². The van der Waals surface area contributed by atoms with Crippen molar-refractivity contribution in [3.05, 3.63) is 28.2 Å². The molecule has 0 saturated heterocycles. The van der Waals surface area contributed by atoms with E-state index < -0.39 is 16.0 Å². The second kappa shape index (κ2) is 7.21. The van der Waals surface area contributed by atoms with E-state index in [0.29, 0.717) is 0 Å². The number of halogens is 1. The number of sulfonamides is 1. The van der Waals surface area contributed by atoms with E-state index in [1.54, 1.807) is 0 Å². The molecule has 22 heavy (non-hydrogen) atoms. The summed E-state index contributed by atoms with van der Waals surface area (Å²) >= 11 is 3.16. The normalized spacial score (nSPS) is 11.5. The third kappa shape index (κ3) is 4.28. The second-order valence-corrected chi connectivity index (χ2v) is 7.78. The van der Waals surface area contributed by atoms with Crippen molar-refractivity contribution < 1.29 is 23.1 Å². The molecule has 1 N–H and O–H groups in total. The van der Waals surface area contributed by atoms with Gasteiger partial charge in [-0.25, -0.2) is 12.7 Å². The lowest BCUT2D eigenvalue weighted by Gasteiger charge is -2.17. The van der Waals surface area contributed by atoms with Crippen LogP contribution in [-0.2, 0) is 14.8 Å². The molecule has 0 atom stereocenters. The minimum atomic E-state index is -3.61. The van der Waals surface area contributed by atoms with Crippen LogP contribution in [0.4, 0.5) is 0 Å². The predicted molar refractivity (Wildman–Crippen MR) is 84.2 cm³/mol. The highest BCUT2D eigenvalue weighted by molar-refractivity contribution is 9.10. The Morgan fingerprint density at radius 2 is 1.82 bits per heavy atom. The van der Waals surface area contributed by atoms with Crippen LogP contribution in [0.25, 0.3) is 0 Å². The van der Waals surface area contributed by atoms with Crippen LogP contribution in [0, 0.1) is 0 Å². The lowest BCUT2D eigenvalue weighted by atomic mass is 10.2. The van der Waals surface area contributed by atoms with Crippen LogP contribution in [0.15, 0.2) is 27.6 Å². The monoisotopic (exact) mass is 392 g/mol. The lowest BCUT2D eigenvalue weighted by Crippen LogP contribution is -2.29. The number of hydrogen-bond donors (Lipinski definition) is 1. The molecular weight excluding hydrogens is 376 g/mol. The number of nitrogens with zero attached hydrogens (tertiary/aromatic N) is 2. The van der Waals surface area contributed by atoms with Crippen molar-refractivity contribution in [1.29, 1.82) is 0 Å². The van der Waals surface area contributed by atoms with Gasteiger partial charge in [-0.15, -0.1) is 0 Å². The molecule has 0 aliphatic heterocycles. The van der Waals surface area contributed by atoms with E-state index in [-0.39, 0.29) is 33.8 Å². The molecule has 122 valence electrons. The van der Waals surface area contributed by atoms with E-state index in [1.807, 2.05) is 0 Å². The fraction of sp³-hybridized carbons (Fsp3) is 0.385. The topological polar surface area (TPSA) is 95.0 Å². The Morgan fingerprint density at radius 1 is 1.23 bits per heavy atom. The number of carbonyl (C=O) groups excluding carboxylic acids is 1. The van der Waals surface area contributed by atoms with Gasteiger partial charge in [-0.2, -0.15) is 0 Å². The molecule has 0 fully saturated rings. The Kier molecular flexibility index (Phi) is 6.09. The smallest absolute Gasteiger partial charge is 0.305 e. The first-order valence-corrected chi connectivity index (χ1v) is 8.50. The van der Waals surface area contributed by atoms with Crippen molar-refractivity contribution in [2.75, 3.05) is 27.7 Å². The highest BCUT2D eigenvalue weighted by Gasteiger charge is 2.22. The predicted octanol–water partition coefficient (Wildman–Crippen LogP) is 1.25. The molecular formula is C13H17BrN2O5S. The largest absolute Gasteiger partial charge is 0.481 e. The third-order valence-corrected chi connectivity index (χ3v) is 5.74. The third-order valence-electron chi connectivity index (χ3n) is 2.95. The Hall–Kier alpha value is -1.45. The molecule has 9 heteroatoms. The Balaban J connectivity index is 3.03. The van der Waals surface area contributed by atoms with Crippen molar-refractivity contribution >= 4 is 37.8 Å². The van der Waals surface area contributed by atoms with Gasteiger partial charge in [0.25, 0.3) is 5.91 Å². The highest BCUT2D eigenvalue weighted by atomic mass is 79.9. The Morgan fingerprint density at radius 3 is 2.27 bits per heavy atom. The number of carbonyl (C=O) groups is 2. The van der Waals surface area contributed by atoms with Gasteiger partial charge in [0.1, 0.15) is 0 Å². The van der Waals surface area contributed by atoms with Crippen molar-refractivity contribution in [2.24, 2.45) is 0 Å². The Bertz CT molecular complexity index is 688. The van der Waals surface area contributed by atoms with Gasteiger partial charge >= 0.3 is 5.97 Å². The molecule has 0 bridgehead atoms. The number of amides is 1. The first-order chi connectivity index (χ1) is 10.1. The molecule has 0 spiro atoms. The van der Waals surface area contributed by atoms with Gasteiger partial charge in [-0.1, -0.05) is 0 Å². The van der Waals surface area contributed by atoms with E-state index in [1.165, 1.54) is 44.2 Å². The van der Waals surface area contributed by atoms with Crippen molar-refractivity contribution in [3.8, 4) is 0 Å². The highest BCUT2D eigenvalue weighted by Crippen LogP contribution is 2.25. The number of aliphatic carboxylic acids is 1. The first-order valence-electron chi connectivity index (χ1n) is 6.26. The van der Waals surface area contributed by atoms with Crippen LogP contribution in [0.5, 0.6) is 0 Å². The molecule has 0 radical (unpaired) electrons. The summed E-state index contributed by atoms with van der Waals surface area (Å²) < 4.78 is 25.5. The summed E-state index contributed by atoms with van der Waals surface area (Å²) in [7, 11) is 0.716. The maximum Gasteiger partial charge on any atom is 0.305 e. The van der Waals surface area contributed by atoms with Crippen molar-refractivity contribution in [1.82, 2.24) is 9.21 Å². The molecule has 7 nitrogen and oxygen atoms in total. The number of carboxylic acid groups (broad SMARTS) is 1. The average molecular weight is 393 g/mol. The van der Waals surface area contributed by atoms with Crippen LogP contribution in [-0.4, -0.2) is 62.3 Å². The zero-order valence-electron chi connectivity index (χ0n) is 12.4. The maximum atomic E-state index is 12.2. The van der Waals surface area contributed by atoms with Gasteiger partial charge in [0.15, 0.2) is 0 Å². The van der Waals surface area contributed by atoms with Gasteiger partial charge in [0, 0.05) is 37.7 Å². The zero-order valence-corrected chi connectivity index (χ0v) is 14.8. The fourth-order valence-electron chi connectivity index (χ4n) is 1.63. The van der Waals surface area contributed by atoms with Gasteiger partial charge < -0.3 is 10.0 Å². The summed E-state index contributed by atoms with van der Waals surface area (Å²) in [5.41, 5.74) is 0.275. The minimum absolute atomic E-state index is 0.0576. The van der Waals surface area contributed by atoms with Gasteiger partial charge in [-0.3, -0.25) is 9.59 Å². The maximum absolute atomic E-state index is 12.2. The zero-order chi connectivity index (χ0) is 17.1. The van der Waals surface area contributed by atoms with E-state index >= 15 is 0 Å². The van der Waals surface area contributed by atoms with Crippen LogP contribution >= 0.6 is 15.9 Å². The summed E-state index contributed by atoms with van der Waals surface area (Å²) in [6.07, 6.45) is -0.156. The summed E-state index contributed by atoms with van der Waals surface area (Å²) in [6, 6.07) is 4.16. The molecule has 0 aromatic heterocycles. The quantitative estimate of drug-likeness (QED) is 0.785. The number of benzene rings is 1. The molecule has 1 rings (SSSR count). The minimum Gasteiger partial charge on any atom is -0.481 e. The fourth-order valence-corrected chi connectivity index (χ4v) is 3.56. The van der Waals surface area contributed by atoms with Crippen LogP contribution in [0.2, 0.25) is 0 Å². The van der Waals surface area contributed by atoms with E-state index in [4.69, 9.17) is 5.11 Å². The molecule has 1 aromatic rings. The van der Waals surface area contributed by atoms with Crippen LogP contribution in [0.3, 0.4) is 0 Å². The Labute approximate surface area is 137 Å². The standard InChI is InChI=1S/C13H17BrN2O5S/c1-15(2)22(20,21)11-5-4-9(8-10(11)14)13(19)16(3)7-6-12(17)18/h4-5,8H,6-7H2,1-3H3,(H,17,18). The van der Waals surface area contributed by atoms with E-state index in [9.17, 15) is 18.0 Å². The molecule has 1 aromatic carbocycles. The van der Waals surface area contributed by atoms with Crippen LogP contribution < -0.4 is 0 Å². The van der Waals surface area contributed by atoms with Gasteiger partial charge in [0.05, 0.1) is 11.3 Å². The van der Waals surface area contributed by atoms with E-state index in [2.05, 4.69) is 15.9 Å². The van der Waals surface area contributed by atoms with Crippen molar-refractivity contribution in [3.63, 3.8) is 0 Å².